The lowest BCUT2D eigenvalue weighted by Crippen LogP contribution is -2.07. The number of rotatable bonds is 4. The molecule has 0 saturated carbocycles. The summed E-state index contributed by atoms with van der Waals surface area (Å²) in [5, 5.41) is 8.56. The summed E-state index contributed by atoms with van der Waals surface area (Å²) in [6.07, 6.45) is 0. The first-order valence-electron chi connectivity index (χ1n) is 3.83. The number of hydrogen-bond acceptors (Lipinski definition) is 2. The molecule has 5 heteroatoms. The molecule has 0 bridgehead atoms. The lowest BCUT2D eigenvalue weighted by molar-refractivity contribution is -0.142. The van der Waals surface area contributed by atoms with E-state index >= 15 is 0 Å². The number of carbonyl (C=O) groups is 1. The Hall–Kier alpha value is -1.13. The zero-order valence-electron chi connectivity index (χ0n) is 7.17. The minimum absolute atomic E-state index is 0.0741. The van der Waals surface area contributed by atoms with Gasteiger partial charge in [0.05, 0.1) is 6.61 Å². The standard InChI is InChI=1S/C9H8ClFO3/c10-7-2-1-6(8(11)3-7)4-14-5-9(12)13/h1-3H,4-5H2,(H,12,13). The van der Waals surface area contributed by atoms with Crippen LogP contribution in [0, 0.1) is 5.82 Å². The Balaban J connectivity index is 2.55. The summed E-state index contributed by atoms with van der Waals surface area (Å²) < 4.78 is 17.8. The molecule has 0 spiro atoms. The van der Waals surface area contributed by atoms with Crippen molar-refractivity contribution in [1.29, 1.82) is 0 Å². The Bertz CT molecular complexity index is 341. The normalized spacial score (nSPS) is 10.1. The molecule has 0 aromatic heterocycles. The maximum absolute atomic E-state index is 13.1. The SMILES string of the molecule is O=C(O)COCc1ccc(Cl)cc1F. The molecular formula is C9H8ClFO3. The number of carboxylic acid groups (broad SMARTS) is 1. The van der Waals surface area contributed by atoms with Crippen LogP contribution in [-0.4, -0.2) is 17.7 Å². The Labute approximate surface area is 85.1 Å². The molecule has 1 aromatic rings. The average molecular weight is 219 g/mol. The van der Waals surface area contributed by atoms with E-state index < -0.39 is 18.4 Å². The van der Waals surface area contributed by atoms with E-state index in [1.165, 1.54) is 12.1 Å². The molecule has 0 heterocycles. The molecule has 0 unspecified atom stereocenters. The van der Waals surface area contributed by atoms with E-state index in [0.717, 1.165) is 6.07 Å². The lowest BCUT2D eigenvalue weighted by atomic mass is 10.2. The van der Waals surface area contributed by atoms with Crippen molar-refractivity contribution in [3.05, 3.63) is 34.6 Å². The van der Waals surface area contributed by atoms with E-state index in [9.17, 15) is 9.18 Å². The highest BCUT2D eigenvalue weighted by Gasteiger charge is 2.04. The summed E-state index contributed by atoms with van der Waals surface area (Å²) in [4.78, 5) is 10.1. The second-order valence-electron chi connectivity index (χ2n) is 2.62. The van der Waals surface area contributed by atoms with E-state index in [1.54, 1.807) is 0 Å². The molecule has 0 amide bonds. The predicted molar refractivity (Wildman–Crippen MR) is 48.7 cm³/mol. The Morgan fingerprint density at radius 1 is 1.57 bits per heavy atom. The molecule has 0 fully saturated rings. The van der Waals surface area contributed by atoms with Gasteiger partial charge >= 0.3 is 5.97 Å². The third-order valence-electron chi connectivity index (χ3n) is 1.50. The summed E-state index contributed by atoms with van der Waals surface area (Å²) in [5.41, 5.74) is 0.288. The smallest absolute Gasteiger partial charge is 0.329 e. The van der Waals surface area contributed by atoms with Crippen LogP contribution in [-0.2, 0) is 16.1 Å². The van der Waals surface area contributed by atoms with Gasteiger partial charge in [0.25, 0.3) is 0 Å². The summed E-state index contributed by atoms with van der Waals surface area (Å²) >= 11 is 5.53. The van der Waals surface area contributed by atoms with Crippen LogP contribution in [0.3, 0.4) is 0 Å². The number of benzene rings is 1. The van der Waals surface area contributed by atoms with Gasteiger partial charge in [-0.2, -0.15) is 0 Å². The highest BCUT2D eigenvalue weighted by Crippen LogP contribution is 2.15. The van der Waals surface area contributed by atoms with E-state index in [0.29, 0.717) is 5.02 Å². The van der Waals surface area contributed by atoms with Crippen molar-refractivity contribution in [2.75, 3.05) is 6.61 Å². The molecule has 1 aromatic carbocycles. The van der Waals surface area contributed by atoms with Gasteiger partial charge in [0, 0.05) is 10.6 Å². The molecular weight excluding hydrogens is 211 g/mol. The van der Waals surface area contributed by atoms with E-state index in [4.69, 9.17) is 21.4 Å². The van der Waals surface area contributed by atoms with Crippen LogP contribution in [0.1, 0.15) is 5.56 Å². The number of hydrogen-bond donors (Lipinski definition) is 1. The lowest BCUT2D eigenvalue weighted by Gasteiger charge is -2.03. The van der Waals surface area contributed by atoms with E-state index in [1.807, 2.05) is 0 Å². The molecule has 0 aliphatic carbocycles. The van der Waals surface area contributed by atoms with Crippen LogP contribution in [0.25, 0.3) is 0 Å². The zero-order chi connectivity index (χ0) is 10.6. The molecule has 76 valence electrons. The van der Waals surface area contributed by atoms with Gasteiger partial charge in [-0.15, -0.1) is 0 Å². The van der Waals surface area contributed by atoms with Crippen LogP contribution < -0.4 is 0 Å². The fraction of sp³-hybridized carbons (Fsp3) is 0.222. The Kier molecular flexibility index (Phi) is 3.85. The van der Waals surface area contributed by atoms with Gasteiger partial charge in [0.15, 0.2) is 0 Å². The minimum atomic E-state index is -1.08. The van der Waals surface area contributed by atoms with Gasteiger partial charge in [-0.1, -0.05) is 17.7 Å². The minimum Gasteiger partial charge on any atom is -0.480 e. The molecule has 1 rings (SSSR count). The third-order valence-corrected chi connectivity index (χ3v) is 1.73. The highest BCUT2D eigenvalue weighted by atomic mass is 35.5. The van der Waals surface area contributed by atoms with Crippen LogP contribution in [0.5, 0.6) is 0 Å². The average Bonchev–Trinajstić information content (AvgIpc) is 2.08. The van der Waals surface area contributed by atoms with Crippen molar-refractivity contribution >= 4 is 17.6 Å². The van der Waals surface area contributed by atoms with Crippen LogP contribution in [0.2, 0.25) is 5.02 Å². The van der Waals surface area contributed by atoms with Crippen molar-refractivity contribution in [2.45, 2.75) is 6.61 Å². The number of carboxylic acids is 1. The zero-order valence-corrected chi connectivity index (χ0v) is 7.92. The monoisotopic (exact) mass is 218 g/mol. The fourth-order valence-electron chi connectivity index (χ4n) is 0.887. The van der Waals surface area contributed by atoms with Gasteiger partial charge in [-0.05, 0) is 12.1 Å². The number of ether oxygens (including phenoxy) is 1. The maximum Gasteiger partial charge on any atom is 0.329 e. The third kappa shape index (κ3) is 3.32. The largest absolute Gasteiger partial charge is 0.480 e. The van der Waals surface area contributed by atoms with Gasteiger partial charge in [0.2, 0.25) is 0 Å². The quantitative estimate of drug-likeness (QED) is 0.842. The molecule has 0 radical (unpaired) electrons. The van der Waals surface area contributed by atoms with Crippen molar-refractivity contribution in [1.82, 2.24) is 0 Å². The van der Waals surface area contributed by atoms with Gasteiger partial charge in [0.1, 0.15) is 12.4 Å². The van der Waals surface area contributed by atoms with Gasteiger partial charge < -0.3 is 9.84 Å². The van der Waals surface area contributed by atoms with Crippen molar-refractivity contribution in [2.24, 2.45) is 0 Å². The molecule has 0 aliphatic heterocycles. The topological polar surface area (TPSA) is 46.5 Å². The molecule has 0 atom stereocenters. The molecule has 14 heavy (non-hydrogen) atoms. The molecule has 3 nitrogen and oxygen atoms in total. The summed E-state index contributed by atoms with van der Waals surface area (Å²) in [6, 6.07) is 4.13. The summed E-state index contributed by atoms with van der Waals surface area (Å²) in [6.45, 7) is -0.516. The van der Waals surface area contributed by atoms with Crippen molar-refractivity contribution < 1.29 is 19.0 Å². The van der Waals surface area contributed by atoms with Gasteiger partial charge in [-0.3, -0.25) is 0 Å². The van der Waals surface area contributed by atoms with Crippen LogP contribution in [0.15, 0.2) is 18.2 Å². The predicted octanol–water partition coefficient (Wildman–Crippen LogP) is 2.08. The Morgan fingerprint density at radius 3 is 2.86 bits per heavy atom. The van der Waals surface area contributed by atoms with Crippen LogP contribution >= 0.6 is 11.6 Å². The number of aliphatic carboxylic acids is 1. The van der Waals surface area contributed by atoms with Gasteiger partial charge in [-0.25, -0.2) is 9.18 Å². The Morgan fingerprint density at radius 2 is 2.29 bits per heavy atom. The first kappa shape index (κ1) is 10.9. The first-order valence-corrected chi connectivity index (χ1v) is 4.21. The second kappa shape index (κ2) is 4.93. The first-order chi connectivity index (χ1) is 6.59. The second-order valence-corrected chi connectivity index (χ2v) is 3.06. The summed E-state index contributed by atoms with van der Waals surface area (Å²) in [5.74, 6) is -1.58. The molecule has 0 aliphatic rings. The number of halogens is 2. The van der Waals surface area contributed by atoms with Crippen molar-refractivity contribution in [3.8, 4) is 0 Å². The molecule has 1 N–H and O–H groups in total. The fourth-order valence-corrected chi connectivity index (χ4v) is 1.05. The van der Waals surface area contributed by atoms with Crippen molar-refractivity contribution in [3.63, 3.8) is 0 Å². The maximum atomic E-state index is 13.1. The molecule has 0 saturated heterocycles. The van der Waals surface area contributed by atoms with E-state index in [2.05, 4.69) is 0 Å². The summed E-state index contributed by atoms with van der Waals surface area (Å²) in [7, 11) is 0. The highest BCUT2D eigenvalue weighted by molar-refractivity contribution is 6.30. The van der Waals surface area contributed by atoms with E-state index in [-0.39, 0.29) is 12.2 Å². The van der Waals surface area contributed by atoms with Crippen LogP contribution in [0.4, 0.5) is 4.39 Å².